The molecule has 4 aromatic rings. The van der Waals surface area contributed by atoms with Gasteiger partial charge in [0.2, 0.25) is 0 Å². The molecule has 4 aromatic carbocycles. The minimum atomic E-state index is 0.834. The van der Waals surface area contributed by atoms with Crippen LogP contribution in [0.3, 0.4) is 0 Å². The molecule has 0 bridgehead atoms. The Morgan fingerprint density at radius 1 is 0.385 bits per heavy atom. The standard InChI is InChI=1S/C24H19NO/c1-4-10-20(11-5-1)25(21-12-6-2-7-13-21)22-16-18-24(19-17-22)26-23-14-8-3-9-15-23/h1-19H/p+1. The van der Waals surface area contributed by atoms with Crippen molar-refractivity contribution in [3.8, 4) is 11.5 Å². The summed E-state index contributed by atoms with van der Waals surface area (Å²) in [5.41, 5.74) is 3.58. The van der Waals surface area contributed by atoms with Gasteiger partial charge in [-0.1, -0.05) is 54.6 Å². The van der Waals surface area contributed by atoms with Crippen LogP contribution in [0.2, 0.25) is 0 Å². The molecule has 0 radical (unpaired) electrons. The first kappa shape index (κ1) is 16.1. The molecule has 1 N–H and O–H groups in total. The molecule has 0 fully saturated rings. The van der Waals surface area contributed by atoms with Gasteiger partial charge in [0.15, 0.2) is 0 Å². The highest BCUT2D eigenvalue weighted by atomic mass is 16.5. The number of hydrogen-bond acceptors (Lipinski definition) is 1. The summed E-state index contributed by atoms with van der Waals surface area (Å²) < 4.78 is 5.92. The first-order chi connectivity index (χ1) is 12.9. The summed E-state index contributed by atoms with van der Waals surface area (Å²) in [6, 6.07) is 39.1. The van der Waals surface area contributed by atoms with Crippen molar-refractivity contribution < 1.29 is 9.64 Å². The molecule has 126 valence electrons. The Labute approximate surface area is 153 Å². The van der Waals surface area contributed by atoms with Crippen molar-refractivity contribution in [1.29, 1.82) is 0 Å². The summed E-state index contributed by atoms with van der Waals surface area (Å²) in [7, 11) is 0. The topological polar surface area (TPSA) is 13.7 Å². The van der Waals surface area contributed by atoms with Crippen LogP contribution in [0.15, 0.2) is 115 Å². The average molecular weight is 338 g/mol. The third kappa shape index (κ3) is 3.66. The normalized spacial score (nSPS) is 10.7. The van der Waals surface area contributed by atoms with Gasteiger partial charge in [0, 0.05) is 12.1 Å². The highest BCUT2D eigenvalue weighted by molar-refractivity contribution is 5.47. The number of rotatable bonds is 5. The van der Waals surface area contributed by atoms with Crippen molar-refractivity contribution >= 4 is 17.1 Å². The van der Waals surface area contributed by atoms with E-state index in [-0.39, 0.29) is 0 Å². The molecule has 0 heterocycles. The summed E-state index contributed by atoms with van der Waals surface area (Å²) in [6.07, 6.45) is 0. The zero-order chi connectivity index (χ0) is 17.6. The Balaban J connectivity index is 1.66. The van der Waals surface area contributed by atoms with Crippen LogP contribution in [0.4, 0.5) is 17.1 Å². The molecule has 0 amide bonds. The second-order valence-electron chi connectivity index (χ2n) is 6.05. The molecular weight excluding hydrogens is 318 g/mol. The number of quaternary nitrogens is 1. The van der Waals surface area contributed by atoms with Gasteiger partial charge in [-0.2, -0.15) is 0 Å². The van der Waals surface area contributed by atoms with Gasteiger partial charge in [-0.25, -0.2) is 4.90 Å². The van der Waals surface area contributed by atoms with E-state index in [4.69, 9.17) is 4.74 Å². The maximum Gasteiger partial charge on any atom is 0.141 e. The fraction of sp³-hybridized carbons (Fsp3) is 0. The number of nitrogens with one attached hydrogen (secondary N) is 1. The summed E-state index contributed by atoms with van der Waals surface area (Å²) >= 11 is 0. The van der Waals surface area contributed by atoms with E-state index in [1.165, 1.54) is 22.0 Å². The first-order valence-corrected chi connectivity index (χ1v) is 8.71. The zero-order valence-corrected chi connectivity index (χ0v) is 14.4. The van der Waals surface area contributed by atoms with E-state index >= 15 is 0 Å². The van der Waals surface area contributed by atoms with E-state index in [1.54, 1.807) is 0 Å². The predicted octanol–water partition coefficient (Wildman–Crippen LogP) is 5.66. The van der Waals surface area contributed by atoms with E-state index in [0.717, 1.165) is 11.5 Å². The number of hydrogen-bond donors (Lipinski definition) is 1. The number of para-hydroxylation sites is 3. The van der Waals surface area contributed by atoms with Gasteiger partial charge in [0.25, 0.3) is 0 Å². The Bertz CT molecular complexity index is 896. The minimum Gasteiger partial charge on any atom is -0.457 e. The third-order valence-electron chi connectivity index (χ3n) is 4.25. The molecule has 0 saturated heterocycles. The van der Waals surface area contributed by atoms with Gasteiger partial charge in [0.1, 0.15) is 28.6 Å². The van der Waals surface area contributed by atoms with Crippen molar-refractivity contribution in [2.45, 2.75) is 0 Å². The quantitative estimate of drug-likeness (QED) is 0.496. The molecule has 26 heavy (non-hydrogen) atoms. The minimum absolute atomic E-state index is 0.834. The third-order valence-corrected chi connectivity index (χ3v) is 4.25. The van der Waals surface area contributed by atoms with Gasteiger partial charge in [0.05, 0.1) is 0 Å². The van der Waals surface area contributed by atoms with E-state index in [1.807, 2.05) is 54.6 Å². The Kier molecular flexibility index (Phi) is 4.77. The molecule has 0 atom stereocenters. The molecule has 0 saturated carbocycles. The van der Waals surface area contributed by atoms with Crippen molar-refractivity contribution in [2.24, 2.45) is 0 Å². The molecule has 0 aliphatic rings. The van der Waals surface area contributed by atoms with Crippen LogP contribution in [0.5, 0.6) is 11.5 Å². The molecule has 0 aliphatic heterocycles. The first-order valence-electron chi connectivity index (χ1n) is 8.71. The van der Waals surface area contributed by atoms with Crippen LogP contribution in [0.1, 0.15) is 0 Å². The van der Waals surface area contributed by atoms with E-state index in [2.05, 4.69) is 60.7 Å². The molecule has 0 spiro atoms. The Morgan fingerprint density at radius 2 is 0.769 bits per heavy atom. The molecule has 0 aliphatic carbocycles. The van der Waals surface area contributed by atoms with Gasteiger partial charge >= 0.3 is 0 Å². The van der Waals surface area contributed by atoms with Crippen LogP contribution in [0, 0.1) is 0 Å². The molecular formula is C24H20NO+. The maximum atomic E-state index is 5.92. The lowest BCUT2D eigenvalue weighted by atomic mass is 10.2. The number of ether oxygens (including phenoxy) is 1. The van der Waals surface area contributed by atoms with E-state index in [9.17, 15) is 0 Å². The summed E-state index contributed by atoms with van der Waals surface area (Å²) in [5, 5.41) is 0. The van der Waals surface area contributed by atoms with Gasteiger partial charge in [-0.3, -0.25) is 0 Å². The fourth-order valence-corrected chi connectivity index (χ4v) is 3.02. The van der Waals surface area contributed by atoms with Gasteiger partial charge in [-0.05, 0) is 48.5 Å². The largest absolute Gasteiger partial charge is 0.457 e. The van der Waals surface area contributed by atoms with Crippen molar-refractivity contribution in [2.75, 3.05) is 0 Å². The monoisotopic (exact) mass is 338 g/mol. The highest BCUT2D eigenvalue weighted by Crippen LogP contribution is 2.23. The lowest BCUT2D eigenvalue weighted by Crippen LogP contribution is -2.96. The molecule has 4 rings (SSSR count). The van der Waals surface area contributed by atoms with E-state index < -0.39 is 0 Å². The zero-order valence-electron chi connectivity index (χ0n) is 14.4. The smallest absolute Gasteiger partial charge is 0.141 e. The Morgan fingerprint density at radius 3 is 1.27 bits per heavy atom. The second kappa shape index (κ2) is 7.68. The van der Waals surface area contributed by atoms with Crippen LogP contribution in [-0.2, 0) is 0 Å². The lowest BCUT2D eigenvalue weighted by molar-refractivity contribution is -0.681. The highest BCUT2D eigenvalue weighted by Gasteiger charge is 2.18. The van der Waals surface area contributed by atoms with Crippen LogP contribution in [0.25, 0.3) is 0 Å². The molecule has 2 heteroatoms. The van der Waals surface area contributed by atoms with Gasteiger partial charge in [-0.15, -0.1) is 0 Å². The average Bonchev–Trinajstić information content (AvgIpc) is 2.72. The summed E-state index contributed by atoms with van der Waals surface area (Å²) in [4.78, 5) is 1.22. The summed E-state index contributed by atoms with van der Waals surface area (Å²) in [5.74, 6) is 1.68. The fourth-order valence-electron chi connectivity index (χ4n) is 3.02. The molecule has 2 nitrogen and oxygen atoms in total. The second-order valence-corrected chi connectivity index (χ2v) is 6.05. The Hall–Kier alpha value is -3.36. The van der Waals surface area contributed by atoms with Crippen LogP contribution >= 0.6 is 0 Å². The lowest BCUT2D eigenvalue weighted by Gasteiger charge is -2.18. The van der Waals surface area contributed by atoms with Crippen LogP contribution in [-0.4, -0.2) is 0 Å². The van der Waals surface area contributed by atoms with Crippen molar-refractivity contribution in [1.82, 2.24) is 0 Å². The van der Waals surface area contributed by atoms with Gasteiger partial charge < -0.3 is 4.74 Å². The maximum absolute atomic E-state index is 5.92. The van der Waals surface area contributed by atoms with Crippen molar-refractivity contribution in [3.63, 3.8) is 0 Å². The SMILES string of the molecule is c1ccc(Oc2ccc([NH+](c3ccccc3)c3ccccc3)cc2)cc1. The predicted molar refractivity (Wildman–Crippen MR) is 106 cm³/mol. The molecule has 0 unspecified atom stereocenters. The molecule has 0 aromatic heterocycles. The summed E-state index contributed by atoms with van der Waals surface area (Å²) in [6.45, 7) is 0. The van der Waals surface area contributed by atoms with E-state index in [0.29, 0.717) is 0 Å². The number of benzene rings is 4. The van der Waals surface area contributed by atoms with Crippen molar-refractivity contribution in [3.05, 3.63) is 115 Å². The van der Waals surface area contributed by atoms with Crippen LogP contribution < -0.4 is 9.64 Å².